The van der Waals surface area contributed by atoms with E-state index < -0.39 is 0 Å². The van der Waals surface area contributed by atoms with Gasteiger partial charge in [0.2, 0.25) is 0 Å². The zero-order valence-electron chi connectivity index (χ0n) is 29.9. The van der Waals surface area contributed by atoms with Gasteiger partial charge in [-0.05, 0) is 89.0 Å². The van der Waals surface area contributed by atoms with Crippen LogP contribution in [0.15, 0.2) is 231 Å². The van der Waals surface area contributed by atoms with Crippen molar-refractivity contribution >= 4 is 0 Å². The normalized spacial score (nSPS) is 11.0. The van der Waals surface area contributed by atoms with Crippen LogP contribution in [0.25, 0.3) is 89.0 Å². The molecule has 0 N–H and O–H groups in total. The summed E-state index contributed by atoms with van der Waals surface area (Å²) in [6, 6.07) is 83.1. The Morgan fingerprint density at radius 1 is 0.0926 bits per heavy atom. The minimum atomic E-state index is 1.21. The third-order valence-corrected chi connectivity index (χ3v) is 10.4. The van der Waals surface area contributed by atoms with Gasteiger partial charge in [0.25, 0.3) is 0 Å². The summed E-state index contributed by atoms with van der Waals surface area (Å²) >= 11 is 0. The van der Waals surface area contributed by atoms with E-state index in [1.165, 1.54) is 89.0 Å². The van der Waals surface area contributed by atoms with Gasteiger partial charge in [0.15, 0.2) is 0 Å². The molecule has 0 unspecified atom stereocenters. The van der Waals surface area contributed by atoms with Gasteiger partial charge in [0.05, 0.1) is 0 Å². The van der Waals surface area contributed by atoms with Gasteiger partial charge < -0.3 is 0 Å². The Morgan fingerprint density at radius 2 is 0.185 bits per heavy atom. The maximum atomic E-state index is 2.22. The highest BCUT2D eigenvalue weighted by atomic mass is 14.1. The fourth-order valence-corrected chi connectivity index (χ4v) is 7.25. The lowest BCUT2D eigenvalue weighted by molar-refractivity contribution is 1.56. The molecular weight excluding hydrogens is 649 g/mol. The summed E-state index contributed by atoms with van der Waals surface area (Å²) in [4.78, 5) is 0. The summed E-state index contributed by atoms with van der Waals surface area (Å²) in [6.07, 6.45) is 0. The largest absolute Gasteiger partial charge is 0.0622 e. The molecule has 0 saturated heterocycles. The fraction of sp³-hybridized carbons (Fsp3) is 0. The SMILES string of the molecule is c1ccc(-c2ccc(-c3ccc(-c4ccc(-c5ccc(-c6ccc(-c7ccc(-c8ccc(-c9ccccc9)cc8)cc7)cc6)cc5)cc4)cc3)cc2)cc1. The zero-order valence-corrected chi connectivity index (χ0v) is 29.9. The van der Waals surface area contributed by atoms with Crippen molar-refractivity contribution in [1.29, 1.82) is 0 Å². The van der Waals surface area contributed by atoms with Crippen LogP contribution in [0.4, 0.5) is 0 Å². The first-order valence-electron chi connectivity index (χ1n) is 18.6. The van der Waals surface area contributed by atoms with Gasteiger partial charge in [-0.15, -0.1) is 0 Å². The first-order valence-corrected chi connectivity index (χ1v) is 18.6. The fourth-order valence-electron chi connectivity index (χ4n) is 7.25. The van der Waals surface area contributed by atoms with E-state index in [4.69, 9.17) is 0 Å². The van der Waals surface area contributed by atoms with E-state index in [1.807, 2.05) is 0 Å². The second kappa shape index (κ2) is 14.9. The lowest BCUT2D eigenvalue weighted by Crippen LogP contribution is -1.84. The summed E-state index contributed by atoms with van der Waals surface area (Å²) in [5, 5.41) is 0. The lowest BCUT2D eigenvalue weighted by atomic mass is 9.95. The van der Waals surface area contributed by atoms with E-state index in [2.05, 4.69) is 231 Å². The van der Waals surface area contributed by atoms with Gasteiger partial charge in [0.1, 0.15) is 0 Å². The Morgan fingerprint density at radius 3 is 0.296 bits per heavy atom. The highest BCUT2D eigenvalue weighted by Crippen LogP contribution is 2.32. The third-order valence-electron chi connectivity index (χ3n) is 10.4. The second-order valence-corrected chi connectivity index (χ2v) is 13.8. The Labute approximate surface area is 318 Å². The molecule has 0 aliphatic heterocycles. The van der Waals surface area contributed by atoms with Crippen LogP contribution >= 0.6 is 0 Å². The van der Waals surface area contributed by atoms with Crippen molar-refractivity contribution in [1.82, 2.24) is 0 Å². The summed E-state index contributed by atoms with van der Waals surface area (Å²) < 4.78 is 0. The van der Waals surface area contributed by atoms with Crippen molar-refractivity contribution in [3.05, 3.63) is 231 Å². The predicted molar refractivity (Wildman–Crippen MR) is 230 cm³/mol. The van der Waals surface area contributed by atoms with Crippen LogP contribution in [0, 0.1) is 0 Å². The van der Waals surface area contributed by atoms with Crippen LogP contribution in [0.2, 0.25) is 0 Å². The van der Waals surface area contributed by atoms with Crippen molar-refractivity contribution in [3.63, 3.8) is 0 Å². The molecule has 0 atom stereocenters. The molecular formula is C54H38. The highest BCUT2D eigenvalue weighted by molar-refractivity contribution is 5.78. The molecule has 9 aromatic rings. The van der Waals surface area contributed by atoms with Crippen LogP contribution in [0.3, 0.4) is 0 Å². The minimum absolute atomic E-state index is 1.21. The molecule has 9 rings (SSSR count). The molecule has 0 nitrogen and oxygen atoms in total. The Kier molecular flexibility index (Phi) is 9.07. The van der Waals surface area contributed by atoms with Gasteiger partial charge in [0, 0.05) is 0 Å². The maximum absolute atomic E-state index is 2.22. The van der Waals surface area contributed by atoms with Crippen molar-refractivity contribution in [2.24, 2.45) is 0 Å². The molecule has 0 bridgehead atoms. The van der Waals surface area contributed by atoms with Gasteiger partial charge in [-0.2, -0.15) is 0 Å². The summed E-state index contributed by atoms with van der Waals surface area (Å²) in [7, 11) is 0. The predicted octanol–water partition coefficient (Wildman–Crippen LogP) is 15.0. The number of hydrogen-bond donors (Lipinski definition) is 0. The van der Waals surface area contributed by atoms with Crippen LogP contribution in [-0.4, -0.2) is 0 Å². The molecule has 0 saturated carbocycles. The van der Waals surface area contributed by atoms with E-state index in [1.54, 1.807) is 0 Å². The van der Waals surface area contributed by atoms with Crippen LogP contribution in [-0.2, 0) is 0 Å². The Hall–Kier alpha value is -7.02. The molecule has 0 aromatic heterocycles. The molecule has 9 aromatic carbocycles. The first kappa shape index (κ1) is 32.9. The summed E-state index contributed by atoms with van der Waals surface area (Å²) in [5.74, 6) is 0. The highest BCUT2D eigenvalue weighted by Gasteiger charge is 2.07. The van der Waals surface area contributed by atoms with Crippen molar-refractivity contribution in [3.8, 4) is 89.0 Å². The van der Waals surface area contributed by atoms with Gasteiger partial charge in [-0.3, -0.25) is 0 Å². The Bertz CT molecular complexity index is 2390. The van der Waals surface area contributed by atoms with E-state index in [-0.39, 0.29) is 0 Å². The third kappa shape index (κ3) is 7.06. The van der Waals surface area contributed by atoms with Crippen LogP contribution < -0.4 is 0 Å². The zero-order chi connectivity index (χ0) is 36.1. The summed E-state index contributed by atoms with van der Waals surface area (Å²) in [5.41, 5.74) is 19.6. The molecule has 0 heteroatoms. The van der Waals surface area contributed by atoms with Crippen molar-refractivity contribution < 1.29 is 0 Å². The molecule has 0 fully saturated rings. The van der Waals surface area contributed by atoms with E-state index in [9.17, 15) is 0 Å². The van der Waals surface area contributed by atoms with E-state index >= 15 is 0 Å². The van der Waals surface area contributed by atoms with Gasteiger partial charge >= 0.3 is 0 Å². The van der Waals surface area contributed by atoms with Crippen LogP contribution in [0.1, 0.15) is 0 Å². The lowest BCUT2D eigenvalue weighted by Gasteiger charge is -2.09. The van der Waals surface area contributed by atoms with E-state index in [0.29, 0.717) is 0 Å². The maximum Gasteiger partial charge on any atom is -0.0184 e. The quantitative estimate of drug-likeness (QED) is 0.149. The number of benzene rings is 9. The number of rotatable bonds is 8. The molecule has 0 spiro atoms. The molecule has 54 heavy (non-hydrogen) atoms. The average Bonchev–Trinajstić information content (AvgIpc) is 3.27. The molecule has 0 heterocycles. The molecule has 0 aliphatic carbocycles. The second-order valence-electron chi connectivity index (χ2n) is 13.8. The van der Waals surface area contributed by atoms with E-state index in [0.717, 1.165) is 0 Å². The smallest absolute Gasteiger partial charge is 0.0184 e. The molecule has 254 valence electrons. The van der Waals surface area contributed by atoms with Crippen molar-refractivity contribution in [2.45, 2.75) is 0 Å². The molecule has 0 radical (unpaired) electrons. The Balaban J connectivity index is 0.832. The molecule has 0 aliphatic rings. The molecule has 0 amide bonds. The standard InChI is InChI=1S/C54H38/c1-3-7-39(8-4-1)41-11-15-43(16-12-41)45-19-23-47(24-20-45)49-27-31-51(32-28-49)53-35-37-54(38-36-53)52-33-29-50(30-34-52)48-25-21-46(22-26-48)44-17-13-42(14-18-44)40-9-5-2-6-10-40/h1-38H. The topological polar surface area (TPSA) is 0 Å². The van der Waals surface area contributed by atoms with Crippen LogP contribution in [0.5, 0.6) is 0 Å². The van der Waals surface area contributed by atoms with Gasteiger partial charge in [-0.25, -0.2) is 0 Å². The first-order chi connectivity index (χ1) is 26.7. The van der Waals surface area contributed by atoms with Crippen molar-refractivity contribution in [2.75, 3.05) is 0 Å². The van der Waals surface area contributed by atoms with Gasteiger partial charge in [-0.1, -0.05) is 231 Å². The monoisotopic (exact) mass is 686 g/mol. The summed E-state index contributed by atoms with van der Waals surface area (Å²) in [6.45, 7) is 0. The average molecular weight is 687 g/mol. The minimum Gasteiger partial charge on any atom is -0.0622 e. The number of hydrogen-bond acceptors (Lipinski definition) is 0.